The van der Waals surface area contributed by atoms with Crippen molar-refractivity contribution in [3.63, 3.8) is 0 Å². The zero-order valence-electron chi connectivity index (χ0n) is 38.1. The van der Waals surface area contributed by atoms with E-state index in [0.717, 1.165) is 38.1 Å². The second-order valence-corrected chi connectivity index (χ2v) is 14.7. The van der Waals surface area contributed by atoms with Gasteiger partial charge in [0.2, 0.25) is 0 Å². The number of unbranched alkanes of at least 4 members (excludes halogenated alkanes) is 14. The minimum Gasteiger partial charge on any atom is -0.460 e. The molecule has 0 spiro atoms. The predicted molar refractivity (Wildman–Crippen MR) is 239 cm³/mol. The molecule has 0 aliphatic heterocycles. The van der Waals surface area contributed by atoms with Crippen LogP contribution in [-0.4, -0.2) is 151 Å². The molecule has 0 fully saturated rings. The first-order valence-corrected chi connectivity index (χ1v) is 23.6. The van der Waals surface area contributed by atoms with E-state index in [1.54, 1.807) is 12.1 Å². The highest BCUT2D eigenvalue weighted by atomic mass is 16.6. The van der Waals surface area contributed by atoms with E-state index in [1.807, 2.05) is 12.1 Å². The molecule has 13 heteroatoms. The van der Waals surface area contributed by atoms with Gasteiger partial charge in [0.15, 0.2) is 0 Å². The van der Waals surface area contributed by atoms with Gasteiger partial charge in [-0.2, -0.15) is 0 Å². The SMILES string of the molecule is CCCCCCCCCCCCCCCCOCCOCCOCCOCCOCCOCCOCCOCCOCCOCCOC(=O)c1ccc(NCCCC)cc1. The lowest BCUT2D eigenvalue weighted by Crippen LogP contribution is -2.15. The van der Waals surface area contributed by atoms with Gasteiger partial charge in [-0.05, 0) is 37.1 Å². The topological polar surface area (TPSA) is 131 Å². The van der Waals surface area contributed by atoms with Crippen LogP contribution in [0.4, 0.5) is 5.69 Å². The van der Waals surface area contributed by atoms with Crippen molar-refractivity contribution in [1.82, 2.24) is 0 Å². The molecule has 0 unspecified atom stereocenters. The van der Waals surface area contributed by atoms with E-state index in [1.165, 1.54) is 83.5 Å². The lowest BCUT2D eigenvalue weighted by Gasteiger charge is -2.09. The van der Waals surface area contributed by atoms with Crippen molar-refractivity contribution in [2.75, 3.05) is 151 Å². The molecule has 0 aromatic heterocycles. The Balaban J connectivity index is 1.65. The van der Waals surface area contributed by atoms with Gasteiger partial charge >= 0.3 is 5.97 Å². The van der Waals surface area contributed by atoms with Crippen molar-refractivity contribution in [3.05, 3.63) is 29.8 Å². The molecule has 0 aliphatic rings. The molecule has 0 saturated heterocycles. The molecule has 0 aliphatic carbocycles. The Morgan fingerprint density at radius 3 is 0.967 bits per heavy atom. The molecule has 13 nitrogen and oxygen atoms in total. The third-order valence-corrected chi connectivity index (χ3v) is 9.43. The lowest BCUT2D eigenvalue weighted by atomic mass is 10.0. The van der Waals surface area contributed by atoms with Crippen LogP contribution in [0.1, 0.15) is 127 Å². The van der Waals surface area contributed by atoms with E-state index >= 15 is 0 Å². The number of rotatable bonds is 50. The van der Waals surface area contributed by atoms with Crippen LogP contribution >= 0.6 is 0 Å². The third kappa shape index (κ3) is 41.4. The Kier molecular flexibility index (Phi) is 45.0. The summed E-state index contributed by atoms with van der Waals surface area (Å²) in [6, 6.07) is 7.31. The number of carbonyl (C=O) groups excluding carboxylic acids is 1. The summed E-state index contributed by atoms with van der Waals surface area (Å²) in [5.74, 6) is -0.358. The molecular weight excluding hydrogens is 771 g/mol. The van der Waals surface area contributed by atoms with E-state index in [4.69, 9.17) is 52.1 Å². The van der Waals surface area contributed by atoms with Gasteiger partial charge in [0.1, 0.15) is 6.61 Å². The van der Waals surface area contributed by atoms with Gasteiger partial charge in [0, 0.05) is 18.8 Å². The van der Waals surface area contributed by atoms with Gasteiger partial charge in [0.05, 0.1) is 131 Å². The first kappa shape index (κ1) is 56.1. The van der Waals surface area contributed by atoms with Crippen LogP contribution in [0.3, 0.4) is 0 Å². The quantitative estimate of drug-likeness (QED) is 0.0496. The Labute approximate surface area is 364 Å². The normalized spacial score (nSPS) is 11.4. The fraction of sp³-hybridized carbons (Fsp3) is 0.851. The zero-order chi connectivity index (χ0) is 42.9. The lowest BCUT2D eigenvalue weighted by molar-refractivity contribution is -0.0271. The Morgan fingerprint density at radius 2 is 0.633 bits per heavy atom. The van der Waals surface area contributed by atoms with Crippen molar-refractivity contribution in [2.45, 2.75) is 117 Å². The van der Waals surface area contributed by atoms with Gasteiger partial charge in [-0.15, -0.1) is 0 Å². The van der Waals surface area contributed by atoms with Gasteiger partial charge in [-0.25, -0.2) is 4.79 Å². The molecule has 0 heterocycles. The Bertz CT molecular complexity index is 990. The maximum absolute atomic E-state index is 12.2. The molecule has 1 N–H and O–H groups in total. The number of carbonyl (C=O) groups is 1. The molecule has 352 valence electrons. The largest absolute Gasteiger partial charge is 0.460 e. The Morgan fingerprint density at radius 1 is 0.350 bits per heavy atom. The second-order valence-electron chi connectivity index (χ2n) is 14.7. The summed E-state index contributed by atoms with van der Waals surface area (Å²) in [6.45, 7) is 15.9. The van der Waals surface area contributed by atoms with Crippen LogP contribution in [0, 0.1) is 0 Å². The molecule has 1 aromatic carbocycles. The van der Waals surface area contributed by atoms with Crippen molar-refractivity contribution in [2.24, 2.45) is 0 Å². The summed E-state index contributed by atoms with van der Waals surface area (Å²) in [7, 11) is 0. The van der Waals surface area contributed by atoms with Crippen molar-refractivity contribution in [3.8, 4) is 0 Å². The predicted octanol–water partition coefficient (Wildman–Crippen LogP) is 8.70. The fourth-order valence-corrected chi connectivity index (χ4v) is 5.89. The van der Waals surface area contributed by atoms with Gasteiger partial charge in [-0.1, -0.05) is 104 Å². The monoisotopic (exact) mass is 858 g/mol. The van der Waals surface area contributed by atoms with Gasteiger partial charge in [0.25, 0.3) is 0 Å². The molecule has 60 heavy (non-hydrogen) atoms. The van der Waals surface area contributed by atoms with Gasteiger partial charge in [-0.3, -0.25) is 0 Å². The maximum Gasteiger partial charge on any atom is 0.338 e. The van der Waals surface area contributed by atoms with E-state index in [0.29, 0.717) is 131 Å². The first-order valence-electron chi connectivity index (χ1n) is 23.6. The number of nitrogens with one attached hydrogen (secondary N) is 1. The molecule has 1 rings (SSSR count). The number of esters is 1. The van der Waals surface area contributed by atoms with E-state index in [-0.39, 0.29) is 12.6 Å². The van der Waals surface area contributed by atoms with Crippen LogP contribution < -0.4 is 5.32 Å². The minimum atomic E-state index is -0.358. The van der Waals surface area contributed by atoms with Crippen LogP contribution in [-0.2, 0) is 52.1 Å². The maximum atomic E-state index is 12.2. The molecule has 1 aromatic rings. The van der Waals surface area contributed by atoms with Crippen LogP contribution in [0.25, 0.3) is 0 Å². The Hall–Kier alpha value is -1.91. The summed E-state index contributed by atoms with van der Waals surface area (Å²) >= 11 is 0. The highest BCUT2D eigenvalue weighted by Crippen LogP contribution is 2.13. The zero-order valence-corrected chi connectivity index (χ0v) is 38.1. The average molecular weight is 858 g/mol. The van der Waals surface area contributed by atoms with Gasteiger partial charge < -0.3 is 57.4 Å². The number of hydrogen-bond donors (Lipinski definition) is 1. The second kappa shape index (κ2) is 48.1. The van der Waals surface area contributed by atoms with Crippen molar-refractivity contribution >= 4 is 11.7 Å². The molecule has 0 saturated carbocycles. The highest BCUT2D eigenvalue weighted by molar-refractivity contribution is 5.89. The van der Waals surface area contributed by atoms with Crippen LogP contribution in [0.2, 0.25) is 0 Å². The minimum absolute atomic E-state index is 0.192. The molecule has 0 radical (unpaired) electrons. The highest BCUT2D eigenvalue weighted by Gasteiger charge is 2.07. The van der Waals surface area contributed by atoms with Crippen LogP contribution in [0.5, 0.6) is 0 Å². The summed E-state index contributed by atoms with van der Waals surface area (Å²) in [6.07, 6.45) is 21.5. The fourth-order valence-electron chi connectivity index (χ4n) is 5.89. The third-order valence-electron chi connectivity index (χ3n) is 9.43. The standard InChI is InChI=1S/C47H87NO12/c1-3-5-7-8-9-10-11-12-13-14-15-16-17-18-24-50-25-26-51-27-28-52-29-30-53-31-32-54-33-34-55-35-36-56-37-38-57-39-40-58-41-42-59-43-44-60-47(49)45-19-21-46(22-20-45)48-23-6-4-2/h19-22,48H,3-18,23-44H2,1-2H3. The number of ether oxygens (including phenoxy) is 11. The van der Waals surface area contributed by atoms with E-state index < -0.39 is 0 Å². The average Bonchev–Trinajstić information content (AvgIpc) is 3.26. The first-order chi connectivity index (χ1) is 29.8. The number of hydrogen-bond acceptors (Lipinski definition) is 13. The molecule has 0 atom stereocenters. The molecular formula is C47H87NO12. The molecule has 0 amide bonds. The van der Waals surface area contributed by atoms with E-state index in [9.17, 15) is 4.79 Å². The summed E-state index contributed by atoms with van der Waals surface area (Å²) in [5.41, 5.74) is 1.52. The summed E-state index contributed by atoms with van der Waals surface area (Å²) in [4.78, 5) is 12.2. The van der Waals surface area contributed by atoms with Crippen LogP contribution in [0.15, 0.2) is 24.3 Å². The number of benzene rings is 1. The van der Waals surface area contributed by atoms with Crippen molar-refractivity contribution < 1.29 is 56.9 Å². The van der Waals surface area contributed by atoms with Crippen molar-refractivity contribution in [1.29, 1.82) is 0 Å². The summed E-state index contributed by atoms with van der Waals surface area (Å²) < 4.78 is 60.6. The molecule has 0 bridgehead atoms. The smallest absolute Gasteiger partial charge is 0.338 e. The summed E-state index contributed by atoms with van der Waals surface area (Å²) in [5, 5.41) is 3.32. The van der Waals surface area contributed by atoms with E-state index in [2.05, 4.69) is 19.2 Å². The number of anilines is 1.